The van der Waals surface area contributed by atoms with Crippen molar-refractivity contribution in [1.29, 1.82) is 0 Å². The zero-order chi connectivity index (χ0) is 8.81. The Bertz CT molecular complexity index is 306. The number of hydrogen-bond acceptors (Lipinski definition) is 4. The molecule has 62 valence electrons. The summed E-state index contributed by atoms with van der Waals surface area (Å²) in [6.07, 6.45) is 1.45. The van der Waals surface area contributed by atoms with Gasteiger partial charge in [0, 0.05) is 0 Å². The van der Waals surface area contributed by atoms with Crippen LogP contribution < -0.4 is 0 Å². The van der Waals surface area contributed by atoms with Crippen LogP contribution >= 0.6 is 0 Å². The monoisotopic (exact) mass is 165 g/mol. The van der Waals surface area contributed by atoms with Gasteiger partial charge in [0.1, 0.15) is 5.52 Å². The van der Waals surface area contributed by atoms with Gasteiger partial charge in [0.2, 0.25) is 0 Å². The number of nitrogens with zero attached hydrogens (tertiary/aromatic N) is 1. The second kappa shape index (κ2) is 4.53. The van der Waals surface area contributed by atoms with Gasteiger partial charge in [0.25, 0.3) is 0 Å². The van der Waals surface area contributed by atoms with E-state index in [0.29, 0.717) is 0 Å². The molecule has 2 aromatic rings. The van der Waals surface area contributed by atoms with Crippen LogP contribution in [-0.2, 0) is 0 Å². The van der Waals surface area contributed by atoms with Gasteiger partial charge in [-0.15, -0.1) is 0 Å². The van der Waals surface area contributed by atoms with Crippen LogP contribution in [0.4, 0.5) is 0 Å². The maximum absolute atomic E-state index is 7.12. The van der Waals surface area contributed by atoms with E-state index in [1.807, 2.05) is 24.3 Å². The van der Waals surface area contributed by atoms with Crippen LogP contribution in [0.15, 0.2) is 35.1 Å². The van der Waals surface area contributed by atoms with Crippen molar-refractivity contribution in [2.75, 3.05) is 0 Å². The van der Waals surface area contributed by atoms with Crippen molar-refractivity contribution in [2.45, 2.75) is 0 Å². The van der Waals surface area contributed by atoms with Gasteiger partial charge in [-0.2, -0.15) is 0 Å². The molecule has 0 bridgehead atoms. The Hall–Kier alpha value is -1.33. The van der Waals surface area contributed by atoms with Crippen LogP contribution in [0.25, 0.3) is 11.1 Å². The highest BCUT2D eigenvalue weighted by atomic mass is 16.4. The third kappa shape index (κ3) is 2.08. The zero-order valence-corrected chi connectivity index (χ0v) is 6.34. The Balaban J connectivity index is 0.000000213. The molecule has 0 aliphatic carbocycles. The highest BCUT2D eigenvalue weighted by Gasteiger charge is 1.91. The highest BCUT2D eigenvalue weighted by Crippen LogP contribution is 2.09. The molecule has 5 heteroatoms. The molecule has 0 saturated heterocycles. The van der Waals surface area contributed by atoms with Crippen molar-refractivity contribution in [3.8, 4) is 0 Å². The smallest absolute Gasteiger partial charge is 0.432 e. The van der Waals surface area contributed by atoms with Crippen molar-refractivity contribution >= 4 is 18.8 Å². The molecule has 0 unspecified atom stereocenters. The number of benzene rings is 1. The van der Waals surface area contributed by atoms with Gasteiger partial charge in [-0.1, -0.05) is 12.1 Å². The first-order valence-corrected chi connectivity index (χ1v) is 3.38. The molecule has 0 atom stereocenters. The fourth-order valence-electron chi connectivity index (χ4n) is 0.803. The van der Waals surface area contributed by atoms with Gasteiger partial charge in [0.05, 0.1) is 0 Å². The van der Waals surface area contributed by atoms with E-state index in [9.17, 15) is 0 Å². The van der Waals surface area contributed by atoms with Crippen molar-refractivity contribution < 1.29 is 14.5 Å². The molecule has 0 aliphatic rings. The molecule has 0 radical (unpaired) electrons. The third-order valence-corrected chi connectivity index (χ3v) is 1.24. The predicted octanol–water partition coefficient (Wildman–Crippen LogP) is 0.0653. The summed E-state index contributed by atoms with van der Waals surface area (Å²) < 4.78 is 5.01. The van der Waals surface area contributed by atoms with E-state index >= 15 is 0 Å². The van der Waals surface area contributed by atoms with E-state index in [0.717, 1.165) is 11.1 Å². The standard InChI is InChI=1S/C7H5NO.BH3O2/c1-2-4-7-6(3-1)8-5-9-7;2-1-3/h1-5H;1-3H. The van der Waals surface area contributed by atoms with Gasteiger partial charge in [0.15, 0.2) is 12.0 Å². The first-order chi connectivity index (χ1) is 5.88. The van der Waals surface area contributed by atoms with Crippen LogP contribution in [0.3, 0.4) is 0 Å². The normalized spacial score (nSPS) is 8.83. The van der Waals surface area contributed by atoms with E-state index in [-0.39, 0.29) is 0 Å². The molecule has 0 saturated carbocycles. The number of oxazole rings is 1. The van der Waals surface area contributed by atoms with Gasteiger partial charge in [-0.3, -0.25) is 0 Å². The first kappa shape index (κ1) is 8.77. The topological polar surface area (TPSA) is 66.5 Å². The molecule has 2 N–H and O–H groups in total. The lowest BCUT2D eigenvalue weighted by atomic mass is 10.3. The minimum atomic E-state index is -0.750. The number of fused-ring (bicyclic) bond motifs is 1. The number of para-hydroxylation sites is 2. The molecular formula is C7H8BNO3. The Morgan fingerprint density at radius 1 is 1.25 bits per heavy atom. The average Bonchev–Trinajstić information content (AvgIpc) is 2.52. The summed E-state index contributed by atoms with van der Waals surface area (Å²) in [5, 5.41) is 14.2. The summed E-state index contributed by atoms with van der Waals surface area (Å²) in [4.78, 5) is 3.95. The third-order valence-electron chi connectivity index (χ3n) is 1.24. The van der Waals surface area contributed by atoms with E-state index in [1.54, 1.807) is 0 Å². The molecular weight excluding hydrogens is 157 g/mol. The van der Waals surface area contributed by atoms with Crippen molar-refractivity contribution in [3.63, 3.8) is 0 Å². The lowest BCUT2D eigenvalue weighted by Crippen LogP contribution is -1.75. The van der Waals surface area contributed by atoms with Crippen LogP contribution in [-0.4, -0.2) is 22.7 Å². The highest BCUT2D eigenvalue weighted by molar-refractivity contribution is 6.13. The number of hydrogen-bond donors (Lipinski definition) is 2. The molecule has 1 aromatic heterocycles. The second-order valence-corrected chi connectivity index (χ2v) is 1.96. The fourth-order valence-corrected chi connectivity index (χ4v) is 0.803. The summed E-state index contributed by atoms with van der Waals surface area (Å²) in [6, 6.07) is 7.67. The Morgan fingerprint density at radius 2 is 1.92 bits per heavy atom. The largest absolute Gasteiger partial charge is 0.443 e. The summed E-state index contributed by atoms with van der Waals surface area (Å²) in [5.41, 5.74) is 1.76. The molecule has 0 fully saturated rings. The molecule has 1 aromatic carbocycles. The predicted molar refractivity (Wildman–Crippen MR) is 45.6 cm³/mol. The van der Waals surface area contributed by atoms with E-state index < -0.39 is 7.69 Å². The molecule has 4 nitrogen and oxygen atoms in total. The summed E-state index contributed by atoms with van der Waals surface area (Å²) in [5.74, 6) is 0. The van der Waals surface area contributed by atoms with Crippen molar-refractivity contribution in [2.24, 2.45) is 0 Å². The Kier molecular flexibility index (Phi) is 3.31. The van der Waals surface area contributed by atoms with Gasteiger partial charge in [-0.05, 0) is 12.1 Å². The van der Waals surface area contributed by atoms with Crippen molar-refractivity contribution in [1.82, 2.24) is 4.98 Å². The first-order valence-electron chi connectivity index (χ1n) is 3.38. The van der Waals surface area contributed by atoms with Gasteiger partial charge >= 0.3 is 7.69 Å². The lowest BCUT2D eigenvalue weighted by Gasteiger charge is -1.79. The zero-order valence-electron chi connectivity index (χ0n) is 6.34. The van der Waals surface area contributed by atoms with Crippen molar-refractivity contribution in [3.05, 3.63) is 30.7 Å². The second-order valence-electron chi connectivity index (χ2n) is 1.96. The minimum absolute atomic E-state index is 0.750. The summed E-state index contributed by atoms with van der Waals surface area (Å²) in [6.45, 7) is 0. The molecule has 0 aliphatic heterocycles. The van der Waals surface area contributed by atoms with Crippen LogP contribution in [0.2, 0.25) is 0 Å². The summed E-state index contributed by atoms with van der Waals surface area (Å²) in [7, 11) is -0.750. The minimum Gasteiger partial charge on any atom is -0.443 e. The summed E-state index contributed by atoms with van der Waals surface area (Å²) >= 11 is 0. The SMILES string of the molecule is OBO.c1ccc2ocnc2c1. The van der Waals surface area contributed by atoms with Crippen LogP contribution in [0.5, 0.6) is 0 Å². The van der Waals surface area contributed by atoms with Crippen LogP contribution in [0.1, 0.15) is 0 Å². The van der Waals surface area contributed by atoms with E-state index in [1.165, 1.54) is 6.39 Å². The van der Waals surface area contributed by atoms with Gasteiger partial charge < -0.3 is 14.5 Å². The molecule has 12 heavy (non-hydrogen) atoms. The lowest BCUT2D eigenvalue weighted by molar-refractivity contribution is 0.448. The average molecular weight is 165 g/mol. The quantitative estimate of drug-likeness (QED) is 0.541. The fraction of sp³-hybridized carbons (Fsp3) is 0. The number of aromatic nitrogens is 1. The van der Waals surface area contributed by atoms with E-state index in [4.69, 9.17) is 14.5 Å². The van der Waals surface area contributed by atoms with Gasteiger partial charge in [-0.25, -0.2) is 4.98 Å². The molecule has 0 spiro atoms. The molecule has 0 amide bonds. The Labute approximate surface area is 69.8 Å². The van der Waals surface area contributed by atoms with Crippen LogP contribution in [0, 0.1) is 0 Å². The maximum atomic E-state index is 7.12. The maximum Gasteiger partial charge on any atom is 0.432 e. The molecule has 2 rings (SSSR count). The molecule has 1 heterocycles. The Morgan fingerprint density at radius 3 is 2.58 bits per heavy atom. The van der Waals surface area contributed by atoms with E-state index in [2.05, 4.69) is 4.98 Å². The number of rotatable bonds is 0.